The molecule has 0 radical (unpaired) electrons. The number of rotatable bonds is 4. The fourth-order valence-electron chi connectivity index (χ4n) is 3.07. The quantitative estimate of drug-likeness (QED) is 0.414. The fourth-order valence-corrected chi connectivity index (χ4v) is 3.85. The van der Waals surface area contributed by atoms with E-state index in [-0.39, 0.29) is 5.91 Å². The molecule has 2 N–H and O–H groups in total. The number of aliphatic carboxylic acids is 2. The molecule has 0 fully saturated rings. The number of amides is 1. The van der Waals surface area contributed by atoms with Crippen molar-refractivity contribution >= 4 is 51.8 Å². The molecule has 9 nitrogen and oxygen atoms in total. The summed E-state index contributed by atoms with van der Waals surface area (Å²) in [5.41, 5.74) is 6.45. The van der Waals surface area contributed by atoms with Gasteiger partial charge in [-0.05, 0) is 37.6 Å². The van der Waals surface area contributed by atoms with Crippen molar-refractivity contribution in [3.05, 3.63) is 70.6 Å². The summed E-state index contributed by atoms with van der Waals surface area (Å²) < 4.78 is 0. The van der Waals surface area contributed by atoms with E-state index in [1.165, 1.54) is 21.9 Å². The van der Waals surface area contributed by atoms with Crippen molar-refractivity contribution in [1.29, 1.82) is 0 Å². The van der Waals surface area contributed by atoms with Crippen LogP contribution in [0.3, 0.4) is 0 Å². The molecule has 35 heavy (non-hydrogen) atoms. The van der Waals surface area contributed by atoms with Gasteiger partial charge in [-0.3, -0.25) is 4.79 Å². The molecule has 1 aliphatic heterocycles. The molecule has 2 heterocycles. The molecule has 0 spiro atoms. The highest BCUT2D eigenvalue weighted by Gasteiger charge is 2.30. The van der Waals surface area contributed by atoms with Gasteiger partial charge < -0.3 is 15.1 Å². The van der Waals surface area contributed by atoms with Crippen LogP contribution in [0, 0.1) is 6.92 Å². The molecular weight excluding hydrogens is 468 g/mol. The van der Waals surface area contributed by atoms with Gasteiger partial charge in [-0.2, -0.15) is 10.1 Å². The normalized spacial score (nSPS) is 13.8. The van der Waals surface area contributed by atoms with Crippen LogP contribution in [-0.4, -0.2) is 52.8 Å². The van der Waals surface area contributed by atoms with E-state index in [1.807, 2.05) is 73.8 Å². The number of nitrogens with zero attached hydrogens (tertiary/aromatic N) is 4. The van der Waals surface area contributed by atoms with Gasteiger partial charge in [0.1, 0.15) is 0 Å². The average molecular weight is 493 g/mol. The highest BCUT2D eigenvalue weighted by atomic mass is 32.1. The standard InChI is InChI=1S/C23H22N4OS.C2H2O4/c1-15-5-9-18(10-6-15)21-14-29-23(24-21)27-22(28)20(16(2)25-27)13-17-7-11-19(12-8-17)26(3)4;3-1(4)2(5)6/h5-14H,1-4H3;(H,3,4)(H,5,6). The van der Waals surface area contributed by atoms with Gasteiger partial charge in [-0.15, -0.1) is 11.3 Å². The topological polar surface area (TPSA) is 123 Å². The van der Waals surface area contributed by atoms with Gasteiger partial charge >= 0.3 is 11.9 Å². The number of carbonyl (C=O) groups is 3. The number of hydrogen-bond acceptors (Lipinski definition) is 7. The molecule has 0 saturated heterocycles. The van der Waals surface area contributed by atoms with Crippen LogP contribution < -0.4 is 9.91 Å². The molecule has 3 aromatic rings. The Balaban J connectivity index is 0.000000509. The maximum atomic E-state index is 13.0. The lowest BCUT2D eigenvalue weighted by molar-refractivity contribution is -0.159. The molecule has 0 unspecified atom stereocenters. The van der Waals surface area contributed by atoms with Crippen LogP contribution in [0.5, 0.6) is 0 Å². The summed E-state index contributed by atoms with van der Waals surface area (Å²) in [7, 11) is 4.00. The Bertz CT molecular complexity index is 1300. The Morgan fingerprint density at radius 2 is 1.57 bits per heavy atom. The van der Waals surface area contributed by atoms with Gasteiger partial charge in [-0.1, -0.05) is 42.0 Å². The smallest absolute Gasteiger partial charge is 0.414 e. The third-order valence-electron chi connectivity index (χ3n) is 4.99. The SMILES string of the molecule is CC1=NN(c2nc(-c3ccc(C)cc3)cs2)C(=O)C1=Cc1ccc(N(C)C)cc1.O=C(O)C(=O)O. The Hall–Kier alpha value is -4.31. The second-order valence-corrected chi connectivity index (χ2v) is 8.67. The Kier molecular flexibility index (Phi) is 7.77. The maximum absolute atomic E-state index is 13.0. The maximum Gasteiger partial charge on any atom is 0.414 e. The molecule has 180 valence electrons. The summed E-state index contributed by atoms with van der Waals surface area (Å²) in [6.45, 7) is 3.91. The third kappa shape index (κ3) is 6.18. The molecule has 0 saturated carbocycles. The summed E-state index contributed by atoms with van der Waals surface area (Å²) in [5.74, 6) is -3.80. The molecule has 1 aliphatic rings. The van der Waals surface area contributed by atoms with Gasteiger partial charge in [-0.25, -0.2) is 14.6 Å². The van der Waals surface area contributed by atoms with E-state index in [0.717, 1.165) is 22.5 Å². The minimum absolute atomic E-state index is 0.149. The van der Waals surface area contributed by atoms with Crippen molar-refractivity contribution in [2.75, 3.05) is 24.0 Å². The lowest BCUT2D eigenvalue weighted by Gasteiger charge is -2.12. The van der Waals surface area contributed by atoms with Gasteiger partial charge in [0.2, 0.25) is 5.13 Å². The number of benzene rings is 2. The van der Waals surface area contributed by atoms with Crippen LogP contribution in [0.4, 0.5) is 10.8 Å². The molecular formula is C25H24N4O5S. The summed E-state index contributed by atoms with van der Waals surface area (Å²) in [6, 6.07) is 16.3. The zero-order chi connectivity index (χ0) is 25.7. The highest BCUT2D eigenvalue weighted by molar-refractivity contribution is 7.14. The minimum atomic E-state index is -1.82. The Labute approximate surface area is 206 Å². The van der Waals surface area contributed by atoms with E-state index >= 15 is 0 Å². The predicted octanol–water partition coefficient (Wildman–Crippen LogP) is 4.15. The zero-order valence-electron chi connectivity index (χ0n) is 19.6. The molecule has 1 amide bonds. The Morgan fingerprint density at radius 3 is 2.11 bits per heavy atom. The minimum Gasteiger partial charge on any atom is -0.473 e. The number of thiazole rings is 1. The monoisotopic (exact) mass is 492 g/mol. The van der Waals surface area contributed by atoms with Crippen LogP contribution in [0.25, 0.3) is 17.3 Å². The number of aromatic nitrogens is 1. The van der Waals surface area contributed by atoms with Crippen molar-refractivity contribution in [3.63, 3.8) is 0 Å². The number of anilines is 2. The second kappa shape index (κ2) is 10.7. The first-order valence-corrected chi connectivity index (χ1v) is 11.3. The van der Waals surface area contributed by atoms with Crippen molar-refractivity contribution in [1.82, 2.24) is 4.98 Å². The highest BCUT2D eigenvalue weighted by Crippen LogP contribution is 2.31. The molecule has 10 heteroatoms. The molecule has 4 rings (SSSR count). The first kappa shape index (κ1) is 25.3. The van der Waals surface area contributed by atoms with Crippen molar-refractivity contribution in [2.45, 2.75) is 13.8 Å². The summed E-state index contributed by atoms with van der Waals surface area (Å²) >= 11 is 1.42. The van der Waals surface area contributed by atoms with Crippen molar-refractivity contribution in [3.8, 4) is 11.3 Å². The van der Waals surface area contributed by atoms with E-state index in [9.17, 15) is 4.79 Å². The lowest BCUT2D eigenvalue weighted by Crippen LogP contribution is -2.21. The summed E-state index contributed by atoms with van der Waals surface area (Å²) in [6.07, 6.45) is 1.88. The van der Waals surface area contributed by atoms with E-state index in [1.54, 1.807) is 0 Å². The first-order chi connectivity index (χ1) is 16.6. The van der Waals surface area contributed by atoms with Gasteiger partial charge in [0, 0.05) is 30.7 Å². The summed E-state index contributed by atoms with van der Waals surface area (Å²) in [4.78, 5) is 37.9. The van der Waals surface area contributed by atoms with Crippen molar-refractivity contribution in [2.24, 2.45) is 5.10 Å². The van der Waals surface area contributed by atoms with E-state index in [4.69, 9.17) is 19.8 Å². The van der Waals surface area contributed by atoms with Crippen LogP contribution in [-0.2, 0) is 14.4 Å². The van der Waals surface area contributed by atoms with Gasteiger partial charge in [0.25, 0.3) is 5.91 Å². The van der Waals surface area contributed by atoms with E-state index in [2.05, 4.69) is 29.1 Å². The third-order valence-corrected chi connectivity index (χ3v) is 5.80. The van der Waals surface area contributed by atoms with Gasteiger partial charge in [0.05, 0.1) is 17.0 Å². The largest absolute Gasteiger partial charge is 0.473 e. The molecule has 0 atom stereocenters. The second-order valence-electron chi connectivity index (χ2n) is 7.84. The fraction of sp³-hybridized carbons (Fsp3) is 0.160. The lowest BCUT2D eigenvalue weighted by atomic mass is 10.1. The molecule has 0 aliphatic carbocycles. The van der Waals surface area contributed by atoms with E-state index < -0.39 is 11.9 Å². The van der Waals surface area contributed by atoms with Crippen molar-refractivity contribution < 1.29 is 24.6 Å². The summed E-state index contributed by atoms with van der Waals surface area (Å²) in [5, 5.41) is 23.2. The predicted molar refractivity (Wildman–Crippen MR) is 137 cm³/mol. The number of carbonyl (C=O) groups excluding carboxylic acids is 1. The van der Waals surface area contributed by atoms with Crippen LogP contribution in [0.15, 0.2) is 64.6 Å². The van der Waals surface area contributed by atoms with Crippen LogP contribution in [0.2, 0.25) is 0 Å². The molecule has 0 bridgehead atoms. The number of hydrogen-bond donors (Lipinski definition) is 2. The number of aryl methyl sites for hydroxylation is 1. The van der Waals surface area contributed by atoms with Gasteiger partial charge in [0.15, 0.2) is 0 Å². The van der Waals surface area contributed by atoms with E-state index in [0.29, 0.717) is 16.4 Å². The first-order valence-electron chi connectivity index (χ1n) is 10.4. The van der Waals surface area contributed by atoms with Crippen LogP contribution in [0.1, 0.15) is 18.1 Å². The number of hydrazone groups is 1. The zero-order valence-corrected chi connectivity index (χ0v) is 20.4. The Morgan fingerprint density at radius 1 is 0.971 bits per heavy atom. The number of carboxylic acids is 2. The average Bonchev–Trinajstić information content (AvgIpc) is 3.41. The molecule has 1 aromatic heterocycles. The van der Waals surface area contributed by atoms with Crippen LogP contribution >= 0.6 is 11.3 Å². The number of carboxylic acid groups (broad SMARTS) is 2. The molecule has 2 aromatic carbocycles.